The van der Waals surface area contributed by atoms with E-state index in [4.69, 9.17) is 16.0 Å². The zero-order valence-corrected chi connectivity index (χ0v) is 8.96. The van der Waals surface area contributed by atoms with Crippen LogP contribution in [0.15, 0.2) is 40.8 Å². The summed E-state index contributed by atoms with van der Waals surface area (Å²) in [4.78, 5) is 0. The topological polar surface area (TPSA) is 13.1 Å². The van der Waals surface area contributed by atoms with Crippen molar-refractivity contribution in [1.29, 1.82) is 0 Å². The molecule has 1 aromatic heterocycles. The Morgan fingerprint density at radius 2 is 1.80 bits per heavy atom. The minimum absolute atomic E-state index is 0.266. The van der Waals surface area contributed by atoms with Crippen LogP contribution in [0, 0.1) is 12.7 Å². The van der Waals surface area contributed by atoms with Crippen molar-refractivity contribution in [2.45, 2.75) is 12.3 Å². The summed E-state index contributed by atoms with van der Waals surface area (Å²) in [6.45, 7) is 1.86. The number of aryl methyl sites for hydroxylation is 1. The van der Waals surface area contributed by atoms with Crippen molar-refractivity contribution in [3.63, 3.8) is 0 Å². The summed E-state index contributed by atoms with van der Waals surface area (Å²) in [7, 11) is 0. The first-order chi connectivity index (χ1) is 7.16. The van der Waals surface area contributed by atoms with E-state index in [9.17, 15) is 4.39 Å². The van der Waals surface area contributed by atoms with E-state index in [-0.39, 0.29) is 11.2 Å². The van der Waals surface area contributed by atoms with Crippen molar-refractivity contribution in [2.75, 3.05) is 0 Å². The normalized spacial score (nSPS) is 12.7. The molecule has 1 aromatic carbocycles. The van der Waals surface area contributed by atoms with E-state index in [1.165, 1.54) is 12.1 Å². The van der Waals surface area contributed by atoms with Crippen molar-refractivity contribution in [1.82, 2.24) is 0 Å². The summed E-state index contributed by atoms with van der Waals surface area (Å²) in [6.07, 6.45) is 0. The van der Waals surface area contributed by atoms with E-state index in [0.717, 1.165) is 11.3 Å². The fraction of sp³-hybridized carbons (Fsp3) is 0.167. The second-order valence-electron chi connectivity index (χ2n) is 3.36. The van der Waals surface area contributed by atoms with Gasteiger partial charge in [-0.1, -0.05) is 12.1 Å². The Morgan fingerprint density at radius 1 is 1.13 bits per heavy atom. The first-order valence-corrected chi connectivity index (χ1v) is 5.06. The summed E-state index contributed by atoms with van der Waals surface area (Å²) in [5.74, 6) is 1.23. The average molecular weight is 225 g/mol. The average Bonchev–Trinajstić information content (AvgIpc) is 2.65. The van der Waals surface area contributed by atoms with Gasteiger partial charge in [-0.2, -0.15) is 0 Å². The van der Waals surface area contributed by atoms with E-state index in [0.29, 0.717) is 5.76 Å². The second-order valence-corrected chi connectivity index (χ2v) is 3.80. The summed E-state index contributed by atoms with van der Waals surface area (Å²) >= 11 is 6.18. The van der Waals surface area contributed by atoms with Gasteiger partial charge in [0.15, 0.2) is 0 Å². The van der Waals surface area contributed by atoms with Crippen LogP contribution in [0.4, 0.5) is 4.39 Å². The third kappa shape index (κ3) is 2.21. The molecule has 15 heavy (non-hydrogen) atoms. The van der Waals surface area contributed by atoms with Crippen LogP contribution in [-0.2, 0) is 0 Å². The molecular formula is C12H10ClFO. The fourth-order valence-corrected chi connectivity index (χ4v) is 1.65. The SMILES string of the molecule is Cc1ccc(C(Cl)c2ccc(F)cc2)o1. The van der Waals surface area contributed by atoms with Gasteiger partial charge in [0.05, 0.1) is 0 Å². The van der Waals surface area contributed by atoms with E-state index in [2.05, 4.69) is 0 Å². The molecule has 78 valence electrons. The Morgan fingerprint density at radius 3 is 2.33 bits per heavy atom. The molecule has 1 unspecified atom stereocenters. The molecule has 0 aliphatic rings. The van der Waals surface area contributed by atoms with E-state index < -0.39 is 0 Å². The van der Waals surface area contributed by atoms with Crippen LogP contribution < -0.4 is 0 Å². The third-order valence-electron chi connectivity index (χ3n) is 2.17. The van der Waals surface area contributed by atoms with Crippen molar-refractivity contribution < 1.29 is 8.81 Å². The van der Waals surface area contributed by atoms with Crippen LogP contribution in [0.25, 0.3) is 0 Å². The Labute approximate surface area is 92.5 Å². The van der Waals surface area contributed by atoms with Gasteiger partial charge in [-0.25, -0.2) is 4.39 Å². The number of furan rings is 1. The lowest BCUT2D eigenvalue weighted by molar-refractivity contribution is 0.489. The predicted octanol–water partition coefficient (Wildman–Crippen LogP) is 4.06. The lowest BCUT2D eigenvalue weighted by Gasteiger charge is -2.06. The van der Waals surface area contributed by atoms with Crippen LogP contribution in [0.5, 0.6) is 0 Å². The van der Waals surface area contributed by atoms with Crippen LogP contribution in [0.2, 0.25) is 0 Å². The lowest BCUT2D eigenvalue weighted by atomic mass is 10.1. The Kier molecular flexibility index (Phi) is 2.78. The van der Waals surface area contributed by atoms with Gasteiger partial charge in [0, 0.05) is 0 Å². The predicted molar refractivity (Wildman–Crippen MR) is 57.5 cm³/mol. The molecule has 3 heteroatoms. The molecule has 1 heterocycles. The van der Waals surface area contributed by atoms with Gasteiger partial charge in [-0.05, 0) is 36.8 Å². The molecule has 0 radical (unpaired) electrons. The molecule has 1 nitrogen and oxygen atoms in total. The molecule has 0 amide bonds. The Balaban J connectivity index is 2.28. The van der Waals surface area contributed by atoms with Gasteiger partial charge in [-0.15, -0.1) is 11.6 Å². The van der Waals surface area contributed by atoms with Crippen molar-refractivity contribution in [3.8, 4) is 0 Å². The number of hydrogen-bond donors (Lipinski definition) is 0. The number of hydrogen-bond acceptors (Lipinski definition) is 1. The molecule has 0 N–H and O–H groups in total. The third-order valence-corrected chi connectivity index (χ3v) is 2.64. The fourth-order valence-electron chi connectivity index (χ4n) is 1.39. The first-order valence-electron chi connectivity index (χ1n) is 4.62. The van der Waals surface area contributed by atoms with Gasteiger partial charge in [0.2, 0.25) is 0 Å². The second kappa shape index (κ2) is 4.07. The smallest absolute Gasteiger partial charge is 0.126 e. The largest absolute Gasteiger partial charge is 0.464 e. The number of rotatable bonds is 2. The molecule has 0 spiro atoms. The van der Waals surface area contributed by atoms with Gasteiger partial charge in [0.1, 0.15) is 22.7 Å². The molecule has 0 saturated heterocycles. The standard InChI is InChI=1S/C12H10ClFO/c1-8-2-7-11(15-8)12(13)9-3-5-10(14)6-4-9/h2-7,12H,1H3. The van der Waals surface area contributed by atoms with E-state index in [1.54, 1.807) is 12.1 Å². The molecule has 2 rings (SSSR count). The van der Waals surface area contributed by atoms with Crippen molar-refractivity contribution in [2.24, 2.45) is 0 Å². The van der Waals surface area contributed by atoms with Gasteiger partial charge < -0.3 is 4.42 Å². The number of benzene rings is 1. The molecule has 0 bridgehead atoms. The van der Waals surface area contributed by atoms with Crippen molar-refractivity contribution in [3.05, 3.63) is 59.3 Å². The molecule has 0 fully saturated rings. The maximum atomic E-state index is 12.7. The number of alkyl halides is 1. The van der Waals surface area contributed by atoms with Crippen LogP contribution in [0.1, 0.15) is 22.5 Å². The van der Waals surface area contributed by atoms with Crippen LogP contribution >= 0.6 is 11.6 Å². The maximum absolute atomic E-state index is 12.7. The van der Waals surface area contributed by atoms with E-state index >= 15 is 0 Å². The van der Waals surface area contributed by atoms with Crippen LogP contribution in [0.3, 0.4) is 0 Å². The first kappa shape index (κ1) is 10.2. The highest BCUT2D eigenvalue weighted by atomic mass is 35.5. The van der Waals surface area contributed by atoms with Crippen molar-refractivity contribution >= 4 is 11.6 Å². The summed E-state index contributed by atoms with van der Waals surface area (Å²) < 4.78 is 18.1. The quantitative estimate of drug-likeness (QED) is 0.702. The zero-order valence-electron chi connectivity index (χ0n) is 8.21. The highest BCUT2D eigenvalue weighted by molar-refractivity contribution is 6.22. The summed E-state index contributed by atoms with van der Waals surface area (Å²) in [5, 5.41) is -0.362. The highest BCUT2D eigenvalue weighted by Crippen LogP contribution is 2.29. The lowest BCUT2D eigenvalue weighted by Crippen LogP contribution is -1.90. The minimum Gasteiger partial charge on any atom is -0.464 e. The minimum atomic E-state index is -0.362. The molecule has 1 atom stereocenters. The summed E-state index contributed by atoms with van der Waals surface area (Å²) in [5.41, 5.74) is 0.826. The zero-order chi connectivity index (χ0) is 10.8. The van der Waals surface area contributed by atoms with Gasteiger partial charge in [0.25, 0.3) is 0 Å². The Bertz CT molecular complexity index is 447. The van der Waals surface area contributed by atoms with Gasteiger partial charge >= 0.3 is 0 Å². The highest BCUT2D eigenvalue weighted by Gasteiger charge is 2.13. The Hall–Kier alpha value is -1.28. The van der Waals surface area contributed by atoms with Gasteiger partial charge in [-0.3, -0.25) is 0 Å². The van der Waals surface area contributed by atoms with Crippen LogP contribution in [-0.4, -0.2) is 0 Å². The molecule has 0 saturated carbocycles. The maximum Gasteiger partial charge on any atom is 0.126 e. The summed E-state index contributed by atoms with van der Waals surface area (Å²) in [6, 6.07) is 9.78. The molecule has 0 aliphatic carbocycles. The number of halogens is 2. The monoisotopic (exact) mass is 224 g/mol. The van der Waals surface area contributed by atoms with E-state index in [1.807, 2.05) is 19.1 Å². The molecule has 0 aliphatic heterocycles. The molecular weight excluding hydrogens is 215 g/mol. The molecule has 2 aromatic rings.